The number of nitrogens with zero attached hydrogens (tertiary/aromatic N) is 3. The van der Waals surface area contributed by atoms with Crippen molar-refractivity contribution in [3.63, 3.8) is 0 Å². The number of hydrogen-bond donors (Lipinski definition) is 0. The summed E-state index contributed by atoms with van der Waals surface area (Å²) >= 11 is 13.7. The van der Waals surface area contributed by atoms with Crippen LogP contribution in [0, 0.1) is 0 Å². The van der Waals surface area contributed by atoms with Gasteiger partial charge in [-0.15, -0.1) is 22.9 Å². The normalized spacial score (nSPS) is 11.2. The van der Waals surface area contributed by atoms with Crippen LogP contribution >= 0.6 is 34.5 Å². The average Bonchev–Trinajstić information content (AvgIpc) is 2.99. The van der Waals surface area contributed by atoms with Crippen molar-refractivity contribution in [2.24, 2.45) is 0 Å². The standard InChI is InChI=1S/C12H9Cl2N3S/c13-4-11-16-12-9(14)2-1-3-10(12)17(11)5-8-6-18-7-15-8/h1-3,6-7H,4-5H2. The largest absolute Gasteiger partial charge is 0.321 e. The van der Waals surface area contributed by atoms with E-state index in [9.17, 15) is 0 Å². The van der Waals surface area contributed by atoms with Gasteiger partial charge in [-0.25, -0.2) is 9.97 Å². The molecule has 6 heteroatoms. The first kappa shape index (κ1) is 12.0. The van der Waals surface area contributed by atoms with Crippen LogP contribution in [0.1, 0.15) is 11.5 Å². The zero-order valence-corrected chi connectivity index (χ0v) is 11.6. The monoisotopic (exact) mass is 297 g/mol. The lowest BCUT2D eigenvalue weighted by molar-refractivity contribution is 0.763. The molecule has 0 aliphatic rings. The highest BCUT2D eigenvalue weighted by Gasteiger charge is 2.12. The Kier molecular flexibility index (Phi) is 3.24. The molecule has 3 nitrogen and oxygen atoms in total. The van der Waals surface area contributed by atoms with Gasteiger partial charge in [-0.05, 0) is 12.1 Å². The molecule has 2 heterocycles. The Morgan fingerprint density at radius 1 is 1.33 bits per heavy atom. The molecule has 0 saturated heterocycles. The van der Waals surface area contributed by atoms with Crippen LogP contribution in [-0.2, 0) is 12.4 Å². The number of alkyl halides is 1. The van der Waals surface area contributed by atoms with E-state index in [1.54, 1.807) is 11.3 Å². The van der Waals surface area contributed by atoms with Crippen LogP contribution in [0.15, 0.2) is 29.1 Å². The van der Waals surface area contributed by atoms with Crippen molar-refractivity contribution in [1.29, 1.82) is 0 Å². The highest BCUT2D eigenvalue weighted by Crippen LogP contribution is 2.25. The fourth-order valence-electron chi connectivity index (χ4n) is 1.92. The van der Waals surface area contributed by atoms with Crippen molar-refractivity contribution < 1.29 is 0 Å². The minimum atomic E-state index is 0.356. The summed E-state index contributed by atoms with van der Waals surface area (Å²) in [5.41, 5.74) is 4.61. The van der Waals surface area contributed by atoms with E-state index in [2.05, 4.69) is 14.5 Å². The summed E-state index contributed by atoms with van der Waals surface area (Å²) in [4.78, 5) is 8.78. The Labute approximate surface area is 118 Å². The van der Waals surface area contributed by atoms with Gasteiger partial charge in [0.05, 0.1) is 34.2 Å². The second kappa shape index (κ2) is 4.88. The maximum absolute atomic E-state index is 6.15. The zero-order valence-electron chi connectivity index (χ0n) is 9.31. The molecule has 1 aromatic carbocycles. The highest BCUT2D eigenvalue weighted by molar-refractivity contribution is 7.07. The smallest absolute Gasteiger partial charge is 0.125 e. The summed E-state index contributed by atoms with van der Waals surface area (Å²) in [7, 11) is 0. The quantitative estimate of drug-likeness (QED) is 0.686. The molecule has 0 atom stereocenters. The molecule has 3 rings (SSSR count). The molecule has 0 fully saturated rings. The molecular weight excluding hydrogens is 289 g/mol. The minimum absolute atomic E-state index is 0.356. The third kappa shape index (κ3) is 2.00. The Morgan fingerprint density at radius 2 is 2.22 bits per heavy atom. The first-order valence-electron chi connectivity index (χ1n) is 5.36. The fraction of sp³-hybridized carbons (Fsp3) is 0.167. The molecule has 0 amide bonds. The number of fused-ring (bicyclic) bond motifs is 1. The van der Waals surface area contributed by atoms with Crippen molar-refractivity contribution in [3.05, 3.63) is 45.6 Å². The maximum Gasteiger partial charge on any atom is 0.125 e. The van der Waals surface area contributed by atoms with Gasteiger partial charge in [-0.2, -0.15) is 0 Å². The van der Waals surface area contributed by atoms with Crippen LogP contribution in [0.2, 0.25) is 5.02 Å². The summed E-state index contributed by atoms with van der Waals surface area (Å²) in [5, 5.41) is 2.67. The SMILES string of the molecule is ClCc1nc2c(Cl)cccc2n1Cc1cscn1. The van der Waals surface area contributed by atoms with Crippen LogP contribution in [0.3, 0.4) is 0 Å². The third-order valence-corrected chi connectivity index (χ3v) is 3.91. The number of para-hydroxylation sites is 1. The molecule has 0 spiro atoms. The molecule has 18 heavy (non-hydrogen) atoms. The predicted molar refractivity (Wildman–Crippen MR) is 75.5 cm³/mol. The topological polar surface area (TPSA) is 30.7 Å². The van der Waals surface area contributed by atoms with Gasteiger partial charge in [0.1, 0.15) is 11.3 Å². The Hall–Kier alpha value is -1.10. The highest BCUT2D eigenvalue weighted by atomic mass is 35.5. The third-order valence-electron chi connectivity index (χ3n) is 2.73. The van der Waals surface area contributed by atoms with Crippen molar-refractivity contribution in [2.75, 3.05) is 0 Å². The van der Waals surface area contributed by atoms with Gasteiger partial charge in [0.15, 0.2) is 0 Å². The number of imidazole rings is 1. The van der Waals surface area contributed by atoms with E-state index in [-0.39, 0.29) is 0 Å². The van der Waals surface area contributed by atoms with E-state index in [0.717, 1.165) is 22.6 Å². The van der Waals surface area contributed by atoms with Crippen molar-refractivity contribution >= 4 is 45.6 Å². The molecule has 0 saturated carbocycles. The molecule has 0 bridgehead atoms. The van der Waals surface area contributed by atoms with Gasteiger partial charge in [-0.1, -0.05) is 17.7 Å². The number of halogens is 2. The first-order valence-corrected chi connectivity index (χ1v) is 7.22. The Bertz CT molecular complexity index is 676. The van der Waals surface area contributed by atoms with E-state index in [1.807, 2.05) is 29.1 Å². The van der Waals surface area contributed by atoms with Crippen LogP contribution < -0.4 is 0 Å². The van der Waals surface area contributed by atoms with E-state index in [0.29, 0.717) is 17.4 Å². The molecule has 0 unspecified atom stereocenters. The molecule has 0 N–H and O–H groups in total. The Morgan fingerprint density at radius 3 is 2.94 bits per heavy atom. The number of rotatable bonds is 3. The fourth-order valence-corrected chi connectivity index (χ4v) is 2.88. The summed E-state index contributed by atoms with van der Waals surface area (Å²) in [6.45, 7) is 0.669. The summed E-state index contributed by atoms with van der Waals surface area (Å²) in [6, 6.07) is 5.75. The van der Waals surface area contributed by atoms with E-state index < -0.39 is 0 Å². The second-order valence-electron chi connectivity index (χ2n) is 3.84. The number of benzene rings is 1. The lowest BCUT2D eigenvalue weighted by Crippen LogP contribution is -2.03. The molecule has 3 aromatic rings. The van der Waals surface area contributed by atoms with E-state index >= 15 is 0 Å². The summed E-state index contributed by atoms with van der Waals surface area (Å²) in [6.07, 6.45) is 0. The van der Waals surface area contributed by atoms with Gasteiger partial charge in [0.25, 0.3) is 0 Å². The van der Waals surface area contributed by atoms with Crippen molar-refractivity contribution in [3.8, 4) is 0 Å². The van der Waals surface area contributed by atoms with E-state index in [4.69, 9.17) is 23.2 Å². The molecule has 0 aliphatic heterocycles. The summed E-state index contributed by atoms with van der Waals surface area (Å²) in [5.74, 6) is 1.17. The van der Waals surface area contributed by atoms with Crippen LogP contribution in [0.5, 0.6) is 0 Å². The van der Waals surface area contributed by atoms with Crippen LogP contribution in [-0.4, -0.2) is 14.5 Å². The minimum Gasteiger partial charge on any atom is -0.321 e. The van der Waals surface area contributed by atoms with Crippen molar-refractivity contribution in [1.82, 2.24) is 14.5 Å². The Balaban J connectivity index is 2.17. The maximum atomic E-state index is 6.15. The van der Waals surface area contributed by atoms with Gasteiger partial charge in [0, 0.05) is 5.38 Å². The van der Waals surface area contributed by atoms with Gasteiger partial charge < -0.3 is 4.57 Å². The first-order chi connectivity index (χ1) is 8.79. The predicted octanol–water partition coefficient (Wildman–Crippen LogP) is 3.93. The molecule has 2 aromatic heterocycles. The zero-order chi connectivity index (χ0) is 12.5. The van der Waals surface area contributed by atoms with Crippen LogP contribution in [0.4, 0.5) is 0 Å². The average molecular weight is 298 g/mol. The summed E-state index contributed by atoms with van der Waals surface area (Å²) < 4.78 is 2.06. The molecule has 0 radical (unpaired) electrons. The number of aromatic nitrogens is 3. The lowest BCUT2D eigenvalue weighted by Gasteiger charge is -2.05. The lowest BCUT2D eigenvalue weighted by atomic mass is 10.3. The molecular formula is C12H9Cl2N3S. The van der Waals surface area contributed by atoms with Gasteiger partial charge in [0.2, 0.25) is 0 Å². The molecule has 0 aliphatic carbocycles. The number of thiazole rings is 1. The van der Waals surface area contributed by atoms with Crippen molar-refractivity contribution in [2.45, 2.75) is 12.4 Å². The van der Waals surface area contributed by atoms with Gasteiger partial charge in [-0.3, -0.25) is 0 Å². The van der Waals surface area contributed by atoms with E-state index in [1.165, 1.54) is 0 Å². The van der Waals surface area contributed by atoms with Crippen LogP contribution in [0.25, 0.3) is 11.0 Å². The van der Waals surface area contributed by atoms with Gasteiger partial charge >= 0.3 is 0 Å². The molecule has 92 valence electrons. The second-order valence-corrected chi connectivity index (χ2v) is 5.23. The number of hydrogen-bond acceptors (Lipinski definition) is 3.